The second-order valence-electron chi connectivity index (χ2n) is 5.03. The van der Waals surface area contributed by atoms with E-state index in [0.29, 0.717) is 12.0 Å². The lowest BCUT2D eigenvalue weighted by Crippen LogP contribution is -2.15. The van der Waals surface area contributed by atoms with Crippen LogP contribution in [0.4, 0.5) is 17.6 Å². The van der Waals surface area contributed by atoms with Crippen LogP contribution >= 0.6 is 0 Å². The Hall–Kier alpha value is -1.88. The van der Waals surface area contributed by atoms with Gasteiger partial charge in [0.2, 0.25) is 0 Å². The molecule has 1 atom stereocenters. The van der Waals surface area contributed by atoms with Crippen molar-refractivity contribution in [3.8, 4) is 0 Å². The van der Waals surface area contributed by atoms with E-state index < -0.39 is 23.6 Å². The Balaban J connectivity index is 2.18. The van der Waals surface area contributed by atoms with Gasteiger partial charge in [-0.25, -0.2) is 4.39 Å². The van der Waals surface area contributed by atoms with Crippen LogP contribution in [0.15, 0.2) is 42.5 Å². The zero-order valence-electron chi connectivity index (χ0n) is 11.4. The van der Waals surface area contributed by atoms with Gasteiger partial charge in [0.05, 0.1) is 5.56 Å². The van der Waals surface area contributed by atoms with Crippen LogP contribution in [0.2, 0.25) is 0 Å². The van der Waals surface area contributed by atoms with Gasteiger partial charge in [0.1, 0.15) is 5.82 Å². The van der Waals surface area contributed by atoms with Crippen LogP contribution < -0.4 is 5.73 Å². The molecule has 2 aromatic rings. The maximum absolute atomic E-state index is 13.5. The van der Waals surface area contributed by atoms with E-state index in [1.54, 1.807) is 0 Å². The maximum atomic E-state index is 13.5. The van der Waals surface area contributed by atoms with E-state index >= 15 is 0 Å². The molecule has 0 aliphatic rings. The third-order valence-corrected chi connectivity index (χ3v) is 3.30. The van der Waals surface area contributed by atoms with Crippen molar-refractivity contribution in [2.75, 3.05) is 0 Å². The van der Waals surface area contributed by atoms with Crippen LogP contribution in [0.5, 0.6) is 0 Å². The fourth-order valence-electron chi connectivity index (χ4n) is 2.09. The highest BCUT2D eigenvalue weighted by atomic mass is 19.4. The zero-order valence-corrected chi connectivity index (χ0v) is 11.4. The van der Waals surface area contributed by atoms with Crippen molar-refractivity contribution in [3.63, 3.8) is 0 Å². The standard InChI is InChI=1S/C16H15F4N/c1-10-2-4-11(5-3-10)8-15(21)12-6-7-13(14(17)9-12)16(18,19)20/h2-7,9,15H,8,21H2,1H3. The van der Waals surface area contributed by atoms with Crippen molar-refractivity contribution in [3.05, 3.63) is 70.5 Å². The van der Waals surface area contributed by atoms with E-state index in [4.69, 9.17) is 5.73 Å². The van der Waals surface area contributed by atoms with Gasteiger partial charge in [-0.2, -0.15) is 13.2 Å². The van der Waals surface area contributed by atoms with Crippen LogP contribution in [0, 0.1) is 12.7 Å². The number of rotatable bonds is 3. The summed E-state index contributed by atoms with van der Waals surface area (Å²) in [6.45, 7) is 1.95. The molecule has 1 unspecified atom stereocenters. The van der Waals surface area contributed by atoms with Gasteiger partial charge < -0.3 is 5.73 Å². The predicted octanol–water partition coefficient (Wildman–Crippen LogP) is 4.40. The highest BCUT2D eigenvalue weighted by Crippen LogP contribution is 2.32. The first kappa shape index (κ1) is 15.5. The van der Waals surface area contributed by atoms with Gasteiger partial charge in [-0.1, -0.05) is 35.9 Å². The molecule has 0 amide bonds. The fourth-order valence-corrected chi connectivity index (χ4v) is 2.09. The molecule has 0 fully saturated rings. The number of nitrogens with two attached hydrogens (primary N) is 1. The summed E-state index contributed by atoms with van der Waals surface area (Å²) in [7, 11) is 0. The average molecular weight is 297 g/mol. The van der Waals surface area contributed by atoms with Gasteiger partial charge in [-0.05, 0) is 36.6 Å². The molecule has 2 rings (SSSR count). The summed E-state index contributed by atoms with van der Waals surface area (Å²) in [4.78, 5) is 0. The number of hydrogen-bond donors (Lipinski definition) is 1. The number of alkyl halides is 3. The molecule has 5 heteroatoms. The quantitative estimate of drug-likeness (QED) is 0.835. The molecular formula is C16H15F4N. The summed E-state index contributed by atoms with van der Waals surface area (Å²) in [5, 5.41) is 0. The van der Waals surface area contributed by atoms with Gasteiger partial charge in [-0.15, -0.1) is 0 Å². The van der Waals surface area contributed by atoms with Crippen molar-refractivity contribution < 1.29 is 17.6 Å². The van der Waals surface area contributed by atoms with Crippen molar-refractivity contribution in [1.29, 1.82) is 0 Å². The summed E-state index contributed by atoms with van der Waals surface area (Å²) in [6.07, 6.45) is -4.26. The van der Waals surface area contributed by atoms with Gasteiger partial charge in [0.15, 0.2) is 0 Å². The molecule has 0 aliphatic carbocycles. The van der Waals surface area contributed by atoms with Crippen molar-refractivity contribution in [1.82, 2.24) is 0 Å². The summed E-state index contributed by atoms with van der Waals surface area (Å²) in [5.74, 6) is -1.29. The van der Waals surface area contributed by atoms with Crippen LogP contribution in [0.25, 0.3) is 0 Å². The van der Waals surface area contributed by atoms with E-state index in [9.17, 15) is 17.6 Å². The Bertz CT molecular complexity index is 617. The predicted molar refractivity (Wildman–Crippen MR) is 73.2 cm³/mol. The number of benzene rings is 2. The lowest BCUT2D eigenvalue weighted by molar-refractivity contribution is -0.140. The SMILES string of the molecule is Cc1ccc(CC(N)c2ccc(C(F)(F)F)c(F)c2)cc1. The second-order valence-corrected chi connectivity index (χ2v) is 5.03. The topological polar surface area (TPSA) is 26.0 Å². The Morgan fingerprint density at radius 3 is 2.19 bits per heavy atom. The minimum Gasteiger partial charge on any atom is -0.324 e. The van der Waals surface area contributed by atoms with Crippen molar-refractivity contribution in [2.24, 2.45) is 5.73 Å². The number of halogens is 4. The van der Waals surface area contributed by atoms with E-state index in [2.05, 4.69) is 0 Å². The highest BCUT2D eigenvalue weighted by molar-refractivity contribution is 5.30. The maximum Gasteiger partial charge on any atom is 0.419 e. The molecule has 21 heavy (non-hydrogen) atoms. The Kier molecular flexibility index (Phi) is 4.32. The first-order chi connectivity index (χ1) is 9.77. The highest BCUT2D eigenvalue weighted by Gasteiger charge is 2.34. The van der Waals surface area contributed by atoms with Gasteiger partial charge in [0.25, 0.3) is 0 Å². The second kappa shape index (κ2) is 5.85. The third kappa shape index (κ3) is 3.82. The Morgan fingerprint density at radius 2 is 1.67 bits per heavy atom. The molecule has 0 radical (unpaired) electrons. The summed E-state index contributed by atoms with van der Waals surface area (Å²) in [5.41, 5.74) is 7.08. The summed E-state index contributed by atoms with van der Waals surface area (Å²) in [6, 6.07) is 9.92. The summed E-state index contributed by atoms with van der Waals surface area (Å²) < 4.78 is 51.0. The van der Waals surface area contributed by atoms with E-state index in [-0.39, 0.29) is 0 Å². The van der Waals surface area contributed by atoms with Crippen LogP contribution in [-0.2, 0) is 12.6 Å². The molecule has 0 spiro atoms. The van der Waals surface area contributed by atoms with Crippen molar-refractivity contribution >= 4 is 0 Å². The summed E-state index contributed by atoms with van der Waals surface area (Å²) >= 11 is 0. The van der Waals surface area contributed by atoms with Crippen LogP contribution in [0.3, 0.4) is 0 Å². The normalized spacial score (nSPS) is 13.2. The first-order valence-electron chi connectivity index (χ1n) is 6.45. The largest absolute Gasteiger partial charge is 0.419 e. The molecule has 0 aromatic heterocycles. The number of hydrogen-bond acceptors (Lipinski definition) is 1. The minimum atomic E-state index is -4.69. The lowest BCUT2D eigenvalue weighted by atomic mass is 9.98. The van der Waals surface area contributed by atoms with Gasteiger partial charge in [-0.3, -0.25) is 0 Å². The number of aryl methyl sites for hydroxylation is 1. The fraction of sp³-hybridized carbons (Fsp3) is 0.250. The van der Waals surface area contributed by atoms with Crippen LogP contribution in [-0.4, -0.2) is 0 Å². The minimum absolute atomic E-state index is 0.348. The molecule has 0 aliphatic heterocycles. The molecule has 0 heterocycles. The Morgan fingerprint density at radius 1 is 1.05 bits per heavy atom. The molecule has 0 saturated carbocycles. The first-order valence-corrected chi connectivity index (χ1v) is 6.45. The van der Waals surface area contributed by atoms with E-state index in [0.717, 1.165) is 23.3 Å². The molecule has 0 saturated heterocycles. The lowest BCUT2D eigenvalue weighted by Gasteiger charge is -2.15. The van der Waals surface area contributed by atoms with E-state index in [1.165, 1.54) is 6.07 Å². The van der Waals surface area contributed by atoms with Gasteiger partial charge >= 0.3 is 6.18 Å². The molecule has 2 N–H and O–H groups in total. The molecule has 2 aromatic carbocycles. The zero-order chi connectivity index (χ0) is 15.6. The Labute approximate surface area is 120 Å². The molecular weight excluding hydrogens is 282 g/mol. The van der Waals surface area contributed by atoms with Crippen molar-refractivity contribution in [2.45, 2.75) is 25.6 Å². The van der Waals surface area contributed by atoms with Crippen LogP contribution in [0.1, 0.15) is 28.3 Å². The van der Waals surface area contributed by atoms with Gasteiger partial charge in [0, 0.05) is 6.04 Å². The molecule has 0 bridgehead atoms. The smallest absolute Gasteiger partial charge is 0.324 e. The average Bonchev–Trinajstić information content (AvgIpc) is 2.39. The van der Waals surface area contributed by atoms with E-state index in [1.807, 2.05) is 31.2 Å². The third-order valence-electron chi connectivity index (χ3n) is 3.30. The molecule has 112 valence electrons. The molecule has 1 nitrogen and oxygen atoms in total. The monoisotopic (exact) mass is 297 g/mol.